The van der Waals surface area contributed by atoms with Gasteiger partial charge in [-0.15, -0.1) is 0 Å². The number of fused-ring (bicyclic) bond motifs is 1. The van der Waals surface area contributed by atoms with E-state index in [0.29, 0.717) is 32.2 Å². The summed E-state index contributed by atoms with van der Waals surface area (Å²) in [7, 11) is 0. The molecule has 23 heavy (non-hydrogen) atoms. The molecule has 0 bridgehead atoms. The van der Waals surface area contributed by atoms with Gasteiger partial charge in [0.25, 0.3) is 5.91 Å². The fourth-order valence-electron chi connectivity index (χ4n) is 3.48. The second-order valence-corrected chi connectivity index (χ2v) is 6.80. The van der Waals surface area contributed by atoms with Crippen LogP contribution in [0.25, 0.3) is 0 Å². The van der Waals surface area contributed by atoms with E-state index < -0.39 is 6.04 Å². The summed E-state index contributed by atoms with van der Waals surface area (Å²) in [6, 6.07) is 1.40. The van der Waals surface area contributed by atoms with Crippen LogP contribution in [0.2, 0.25) is 0 Å². The van der Waals surface area contributed by atoms with Crippen molar-refractivity contribution in [2.24, 2.45) is 11.8 Å². The zero-order chi connectivity index (χ0) is 16.0. The van der Waals surface area contributed by atoms with E-state index in [1.54, 1.807) is 10.9 Å². The number of amides is 2. The number of carbonyl (C=O) groups is 2. The number of hydrogen-bond donors (Lipinski definition) is 0. The lowest BCUT2D eigenvalue weighted by atomic mass is 10.1. The van der Waals surface area contributed by atoms with Crippen molar-refractivity contribution in [1.29, 1.82) is 0 Å². The molecule has 0 spiro atoms. The Balaban J connectivity index is 1.55. The van der Waals surface area contributed by atoms with Gasteiger partial charge >= 0.3 is 0 Å². The molecular weight excluding hydrogens is 296 g/mol. The van der Waals surface area contributed by atoms with Crippen LogP contribution in [0.3, 0.4) is 0 Å². The number of hydrogen-bond acceptors (Lipinski definition) is 4. The SMILES string of the molecule is C[C@@H]1C[C@@H]1C(=O)N1Cc2ccnn2[C@H](C(=O)N2CCCCO2)C1. The van der Waals surface area contributed by atoms with Crippen molar-refractivity contribution >= 4 is 11.8 Å². The molecule has 1 saturated heterocycles. The number of carbonyl (C=O) groups excluding carboxylic acids is 2. The van der Waals surface area contributed by atoms with Crippen molar-refractivity contribution in [2.75, 3.05) is 19.7 Å². The maximum absolute atomic E-state index is 12.8. The second kappa shape index (κ2) is 5.63. The fourth-order valence-corrected chi connectivity index (χ4v) is 3.48. The third kappa shape index (κ3) is 2.63. The zero-order valence-corrected chi connectivity index (χ0v) is 13.4. The molecule has 124 valence electrons. The molecule has 3 heterocycles. The summed E-state index contributed by atoms with van der Waals surface area (Å²) in [6.07, 6.45) is 4.58. The Kier molecular flexibility index (Phi) is 3.60. The number of hydroxylamine groups is 2. The van der Waals surface area contributed by atoms with Gasteiger partial charge in [0.05, 0.1) is 25.4 Å². The number of nitrogens with zero attached hydrogens (tertiary/aromatic N) is 4. The molecule has 7 nitrogen and oxygen atoms in total. The molecule has 3 aliphatic rings. The third-order valence-electron chi connectivity index (χ3n) is 5.07. The minimum Gasteiger partial charge on any atom is -0.334 e. The number of aromatic nitrogens is 2. The van der Waals surface area contributed by atoms with Crippen LogP contribution in [-0.2, 0) is 21.0 Å². The summed E-state index contributed by atoms with van der Waals surface area (Å²) in [4.78, 5) is 32.7. The van der Waals surface area contributed by atoms with Crippen molar-refractivity contribution in [3.05, 3.63) is 18.0 Å². The quantitative estimate of drug-likeness (QED) is 0.815. The van der Waals surface area contributed by atoms with Crippen molar-refractivity contribution in [3.8, 4) is 0 Å². The van der Waals surface area contributed by atoms with Gasteiger partial charge in [-0.1, -0.05) is 6.92 Å². The Morgan fingerprint density at radius 2 is 2.13 bits per heavy atom. The topological polar surface area (TPSA) is 67.7 Å². The van der Waals surface area contributed by atoms with Gasteiger partial charge < -0.3 is 4.90 Å². The summed E-state index contributed by atoms with van der Waals surface area (Å²) >= 11 is 0. The first-order chi connectivity index (χ1) is 11.1. The lowest BCUT2D eigenvalue weighted by molar-refractivity contribution is -0.201. The summed E-state index contributed by atoms with van der Waals surface area (Å²) in [5.41, 5.74) is 0.910. The second-order valence-electron chi connectivity index (χ2n) is 6.80. The largest absolute Gasteiger partial charge is 0.334 e. The zero-order valence-electron chi connectivity index (χ0n) is 13.4. The lowest BCUT2D eigenvalue weighted by Crippen LogP contribution is -2.49. The molecule has 7 heteroatoms. The summed E-state index contributed by atoms with van der Waals surface area (Å²) in [5.74, 6) is 0.665. The molecule has 1 aliphatic carbocycles. The highest BCUT2D eigenvalue weighted by Crippen LogP contribution is 2.40. The number of rotatable bonds is 2. The van der Waals surface area contributed by atoms with E-state index in [1.165, 1.54) is 5.06 Å². The van der Waals surface area contributed by atoms with Crippen LogP contribution < -0.4 is 0 Å². The molecule has 4 rings (SSSR count). The molecule has 0 N–H and O–H groups in total. The molecule has 0 aromatic carbocycles. The molecule has 1 saturated carbocycles. The van der Waals surface area contributed by atoms with Crippen LogP contribution in [0, 0.1) is 11.8 Å². The standard InChI is InChI=1S/C16H22N4O3/c1-11-8-13(11)15(21)18-9-12-4-5-17-20(12)14(10-18)16(22)19-6-2-3-7-23-19/h4-5,11,13-14H,2-3,6-10H2,1H3/t11-,13+,14+/m1/s1. The van der Waals surface area contributed by atoms with Gasteiger partial charge in [-0.3, -0.25) is 19.1 Å². The van der Waals surface area contributed by atoms with Crippen LogP contribution in [0.4, 0.5) is 0 Å². The smallest absolute Gasteiger partial charge is 0.272 e. The van der Waals surface area contributed by atoms with Crippen LogP contribution in [0.15, 0.2) is 12.3 Å². The summed E-state index contributed by atoms with van der Waals surface area (Å²) < 4.78 is 1.75. The van der Waals surface area contributed by atoms with E-state index in [4.69, 9.17) is 4.84 Å². The highest BCUT2D eigenvalue weighted by atomic mass is 16.7. The van der Waals surface area contributed by atoms with Crippen molar-refractivity contribution in [1.82, 2.24) is 19.7 Å². The van der Waals surface area contributed by atoms with Crippen LogP contribution >= 0.6 is 0 Å². The Hall–Kier alpha value is -1.89. The third-order valence-corrected chi connectivity index (χ3v) is 5.07. The molecule has 0 radical (unpaired) electrons. The Morgan fingerprint density at radius 3 is 2.83 bits per heavy atom. The van der Waals surface area contributed by atoms with Crippen LogP contribution in [0.1, 0.15) is 37.9 Å². The summed E-state index contributed by atoms with van der Waals surface area (Å²) in [5, 5.41) is 5.75. The van der Waals surface area contributed by atoms with E-state index in [0.717, 1.165) is 25.0 Å². The molecule has 2 amide bonds. The lowest BCUT2D eigenvalue weighted by Gasteiger charge is -2.36. The average Bonchev–Trinajstić information content (AvgIpc) is 3.12. The molecule has 1 aromatic rings. The minimum absolute atomic E-state index is 0.101. The average molecular weight is 318 g/mol. The first-order valence-electron chi connectivity index (χ1n) is 8.40. The first kappa shape index (κ1) is 14.7. The highest BCUT2D eigenvalue weighted by molar-refractivity contribution is 5.84. The molecular formula is C16H22N4O3. The van der Waals surface area contributed by atoms with Gasteiger partial charge in [-0.2, -0.15) is 5.10 Å². The summed E-state index contributed by atoms with van der Waals surface area (Å²) in [6.45, 7) is 4.20. The van der Waals surface area contributed by atoms with E-state index in [9.17, 15) is 9.59 Å². The van der Waals surface area contributed by atoms with Gasteiger partial charge in [0.2, 0.25) is 5.91 Å². The molecule has 2 fully saturated rings. The molecule has 0 unspecified atom stereocenters. The predicted octanol–water partition coefficient (Wildman–Crippen LogP) is 0.976. The molecule has 2 aliphatic heterocycles. The molecule has 1 aromatic heterocycles. The Bertz CT molecular complexity index is 623. The maximum atomic E-state index is 12.8. The van der Waals surface area contributed by atoms with Crippen molar-refractivity contribution in [3.63, 3.8) is 0 Å². The van der Waals surface area contributed by atoms with Crippen LogP contribution in [0.5, 0.6) is 0 Å². The van der Waals surface area contributed by atoms with Crippen molar-refractivity contribution < 1.29 is 14.4 Å². The van der Waals surface area contributed by atoms with Gasteiger partial charge in [0.15, 0.2) is 6.04 Å². The van der Waals surface area contributed by atoms with Crippen molar-refractivity contribution in [2.45, 2.75) is 38.8 Å². The van der Waals surface area contributed by atoms with Gasteiger partial charge in [0.1, 0.15) is 0 Å². The van der Waals surface area contributed by atoms with Gasteiger partial charge in [0, 0.05) is 18.7 Å². The van der Waals surface area contributed by atoms with Gasteiger partial charge in [-0.25, -0.2) is 5.06 Å². The fraction of sp³-hybridized carbons (Fsp3) is 0.688. The van der Waals surface area contributed by atoms with Crippen LogP contribution in [-0.4, -0.2) is 51.3 Å². The van der Waals surface area contributed by atoms with E-state index in [2.05, 4.69) is 12.0 Å². The predicted molar refractivity (Wildman–Crippen MR) is 80.9 cm³/mol. The maximum Gasteiger partial charge on any atom is 0.272 e. The van der Waals surface area contributed by atoms with E-state index >= 15 is 0 Å². The van der Waals surface area contributed by atoms with E-state index in [-0.39, 0.29) is 17.7 Å². The van der Waals surface area contributed by atoms with Gasteiger partial charge in [-0.05, 0) is 31.2 Å². The monoisotopic (exact) mass is 318 g/mol. The highest BCUT2D eigenvalue weighted by Gasteiger charge is 2.44. The first-order valence-corrected chi connectivity index (χ1v) is 8.40. The normalized spacial score (nSPS) is 30.0. The minimum atomic E-state index is -0.482. The molecule has 3 atom stereocenters. The Morgan fingerprint density at radius 1 is 1.30 bits per heavy atom. The Labute approximate surface area is 135 Å². The van der Waals surface area contributed by atoms with E-state index in [1.807, 2.05) is 11.0 Å².